The van der Waals surface area contributed by atoms with E-state index in [0.717, 1.165) is 24.2 Å². The Kier molecular flexibility index (Phi) is 8.38. The van der Waals surface area contributed by atoms with Crippen molar-refractivity contribution in [1.29, 1.82) is 0 Å². The molecule has 0 aliphatic carbocycles. The summed E-state index contributed by atoms with van der Waals surface area (Å²) in [5, 5.41) is 4.07. The van der Waals surface area contributed by atoms with Gasteiger partial charge in [-0.2, -0.15) is 5.10 Å². The number of hydrazone groups is 1. The molecule has 2 rings (SSSR count). The third kappa shape index (κ3) is 6.79. The normalized spacial score (nSPS) is 10.6. The van der Waals surface area contributed by atoms with E-state index in [-0.39, 0.29) is 5.11 Å². The molecule has 0 fully saturated rings. The monoisotopic (exact) mass is 387 g/mol. The van der Waals surface area contributed by atoms with E-state index < -0.39 is 0 Å². The maximum Gasteiger partial charge on any atom is 0.184 e. The maximum atomic E-state index is 5.90. The van der Waals surface area contributed by atoms with Crippen molar-refractivity contribution in [2.45, 2.75) is 19.8 Å². The second-order valence-corrected chi connectivity index (χ2v) is 6.10. The molecular weight excluding hydrogens is 362 g/mol. The van der Waals surface area contributed by atoms with Gasteiger partial charge in [0.1, 0.15) is 5.75 Å². The van der Waals surface area contributed by atoms with E-state index in [0.29, 0.717) is 24.7 Å². The first kappa shape index (κ1) is 20.5. The highest BCUT2D eigenvalue weighted by Crippen LogP contribution is 2.30. The number of methoxy groups -OCH3 is 1. The van der Waals surface area contributed by atoms with Gasteiger partial charge < -0.3 is 19.9 Å². The number of hydrogen-bond acceptors (Lipinski definition) is 5. The minimum absolute atomic E-state index is 0.0979. The smallest absolute Gasteiger partial charge is 0.184 e. The molecule has 0 aliphatic rings. The zero-order chi connectivity index (χ0) is 19.5. The van der Waals surface area contributed by atoms with Crippen LogP contribution in [-0.2, 0) is 6.42 Å². The van der Waals surface area contributed by atoms with Crippen molar-refractivity contribution in [3.8, 4) is 17.2 Å². The summed E-state index contributed by atoms with van der Waals surface area (Å²) in [5.41, 5.74) is 9.94. The summed E-state index contributed by atoms with van der Waals surface area (Å²) in [5.74, 6) is 2.10. The van der Waals surface area contributed by atoms with E-state index in [4.69, 9.17) is 32.2 Å². The minimum atomic E-state index is 0.0979. The number of nitrogens with two attached hydrogens (primary N) is 1. The Balaban J connectivity index is 1.88. The van der Waals surface area contributed by atoms with Gasteiger partial charge in [0.05, 0.1) is 26.5 Å². The largest absolute Gasteiger partial charge is 0.493 e. The van der Waals surface area contributed by atoms with Gasteiger partial charge in [-0.05, 0) is 48.5 Å². The van der Waals surface area contributed by atoms with Crippen molar-refractivity contribution in [3.63, 3.8) is 0 Å². The summed E-state index contributed by atoms with van der Waals surface area (Å²) in [6.07, 6.45) is 3.34. The second-order valence-electron chi connectivity index (χ2n) is 5.66. The number of nitrogens with zero attached hydrogens (tertiary/aromatic N) is 1. The summed E-state index contributed by atoms with van der Waals surface area (Å²) < 4.78 is 17.0. The molecule has 0 aromatic heterocycles. The van der Waals surface area contributed by atoms with E-state index >= 15 is 0 Å². The number of rotatable bonds is 10. The molecule has 0 saturated heterocycles. The predicted octanol–water partition coefficient (Wildman–Crippen LogP) is 3.27. The van der Waals surface area contributed by atoms with Crippen LogP contribution in [0.1, 0.15) is 24.5 Å². The molecular formula is C20H25N3O3S. The molecule has 7 heteroatoms. The van der Waals surface area contributed by atoms with Gasteiger partial charge in [0, 0.05) is 12.0 Å². The average molecular weight is 388 g/mol. The maximum absolute atomic E-state index is 5.90. The summed E-state index contributed by atoms with van der Waals surface area (Å²) in [7, 11) is 1.60. The Bertz CT molecular complexity index is 764. The lowest BCUT2D eigenvalue weighted by Gasteiger charge is -2.13. The van der Waals surface area contributed by atoms with Gasteiger partial charge in [0.2, 0.25) is 0 Å². The van der Waals surface area contributed by atoms with Crippen LogP contribution in [0, 0.1) is 0 Å². The molecule has 0 heterocycles. The van der Waals surface area contributed by atoms with Crippen LogP contribution in [0.4, 0.5) is 0 Å². The fraction of sp³-hybridized carbons (Fsp3) is 0.300. The van der Waals surface area contributed by atoms with Gasteiger partial charge in [-0.1, -0.05) is 25.1 Å². The van der Waals surface area contributed by atoms with Gasteiger partial charge in [-0.25, -0.2) is 0 Å². The van der Waals surface area contributed by atoms with E-state index in [1.165, 1.54) is 5.56 Å². The molecule has 0 spiro atoms. The molecule has 0 aliphatic heterocycles. The molecule has 2 aromatic carbocycles. The van der Waals surface area contributed by atoms with Gasteiger partial charge >= 0.3 is 0 Å². The Hall–Kier alpha value is -2.80. The zero-order valence-corrected chi connectivity index (χ0v) is 16.4. The zero-order valence-electron chi connectivity index (χ0n) is 15.6. The van der Waals surface area contributed by atoms with Crippen LogP contribution in [0.15, 0.2) is 47.6 Å². The first-order chi connectivity index (χ1) is 13.1. The van der Waals surface area contributed by atoms with E-state index in [1.54, 1.807) is 13.3 Å². The lowest BCUT2D eigenvalue weighted by molar-refractivity contribution is 0.240. The number of para-hydroxylation sites is 1. The van der Waals surface area contributed by atoms with Crippen LogP contribution < -0.4 is 25.4 Å². The SMILES string of the molecule is CCc1ccc(OCCCOc2c(C=NNC(N)=S)cccc2OC)cc1. The molecule has 0 unspecified atom stereocenters. The van der Waals surface area contributed by atoms with Gasteiger partial charge in [-0.15, -0.1) is 0 Å². The minimum Gasteiger partial charge on any atom is -0.493 e. The quantitative estimate of drug-likeness (QED) is 0.282. The lowest BCUT2D eigenvalue weighted by Crippen LogP contribution is -2.24. The number of benzene rings is 2. The topological polar surface area (TPSA) is 78.1 Å². The number of thiocarbonyl (C=S) groups is 1. The van der Waals surface area contributed by atoms with Crippen LogP contribution >= 0.6 is 12.2 Å². The summed E-state index contributed by atoms with van der Waals surface area (Å²) >= 11 is 4.73. The molecule has 0 amide bonds. The van der Waals surface area contributed by atoms with Crippen LogP contribution in [0.25, 0.3) is 0 Å². The average Bonchev–Trinajstić information content (AvgIpc) is 2.68. The fourth-order valence-corrected chi connectivity index (χ4v) is 2.41. The van der Waals surface area contributed by atoms with Crippen molar-refractivity contribution in [3.05, 3.63) is 53.6 Å². The van der Waals surface area contributed by atoms with Crippen LogP contribution in [0.5, 0.6) is 17.2 Å². The number of ether oxygens (including phenoxy) is 3. The predicted molar refractivity (Wildman–Crippen MR) is 112 cm³/mol. The molecule has 0 atom stereocenters. The number of nitrogens with one attached hydrogen (secondary N) is 1. The highest BCUT2D eigenvalue weighted by molar-refractivity contribution is 7.80. The molecule has 0 bridgehead atoms. The highest BCUT2D eigenvalue weighted by atomic mass is 32.1. The fourth-order valence-electron chi connectivity index (χ4n) is 2.36. The van der Waals surface area contributed by atoms with Crippen molar-refractivity contribution in [2.75, 3.05) is 20.3 Å². The Morgan fingerprint density at radius 2 is 1.89 bits per heavy atom. The standard InChI is InChI=1S/C20H25N3O3S/c1-3-15-8-10-17(11-9-15)25-12-5-13-26-19-16(14-22-23-20(21)27)6-4-7-18(19)24-2/h4,6-11,14H,3,5,12-13H2,1-2H3,(H3,21,23,27). The van der Waals surface area contributed by atoms with Crippen molar-refractivity contribution in [1.82, 2.24) is 5.43 Å². The van der Waals surface area contributed by atoms with Gasteiger partial charge in [0.25, 0.3) is 0 Å². The molecule has 0 saturated carbocycles. The van der Waals surface area contributed by atoms with Crippen molar-refractivity contribution >= 4 is 23.5 Å². The Labute approximate surface area is 165 Å². The Morgan fingerprint density at radius 3 is 2.56 bits per heavy atom. The van der Waals surface area contributed by atoms with Crippen LogP contribution in [0.3, 0.4) is 0 Å². The molecule has 144 valence electrons. The van der Waals surface area contributed by atoms with E-state index in [2.05, 4.69) is 29.6 Å². The number of hydrogen-bond donors (Lipinski definition) is 2. The summed E-state index contributed by atoms with van der Waals surface area (Å²) in [6, 6.07) is 13.7. The third-order valence-electron chi connectivity index (χ3n) is 3.74. The van der Waals surface area contributed by atoms with E-state index in [9.17, 15) is 0 Å². The van der Waals surface area contributed by atoms with Crippen molar-refractivity contribution in [2.24, 2.45) is 10.8 Å². The Morgan fingerprint density at radius 1 is 1.15 bits per heavy atom. The van der Waals surface area contributed by atoms with Gasteiger partial charge in [0.15, 0.2) is 16.6 Å². The van der Waals surface area contributed by atoms with Gasteiger partial charge in [-0.3, -0.25) is 5.43 Å². The van der Waals surface area contributed by atoms with E-state index in [1.807, 2.05) is 30.3 Å². The molecule has 0 radical (unpaired) electrons. The highest BCUT2D eigenvalue weighted by Gasteiger charge is 2.09. The molecule has 27 heavy (non-hydrogen) atoms. The first-order valence-electron chi connectivity index (χ1n) is 8.74. The summed E-state index contributed by atoms with van der Waals surface area (Å²) in [4.78, 5) is 0. The second kappa shape index (κ2) is 11.0. The third-order valence-corrected chi connectivity index (χ3v) is 3.83. The van der Waals surface area contributed by atoms with Crippen LogP contribution in [-0.4, -0.2) is 31.7 Å². The van der Waals surface area contributed by atoms with Crippen LogP contribution in [0.2, 0.25) is 0 Å². The summed E-state index contributed by atoms with van der Waals surface area (Å²) in [6.45, 7) is 3.17. The first-order valence-corrected chi connectivity index (χ1v) is 9.15. The molecule has 3 N–H and O–H groups in total. The number of aryl methyl sites for hydroxylation is 1. The lowest BCUT2D eigenvalue weighted by atomic mass is 10.2. The van der Waals surface area contributed by atoms with Crippen molar-refractivity contribution < 1.29 is 14.2 Å². The molecule has 6 nitrogen and oxygen atoms in total. The molecule has 2 aromatic rings.